The zero-order valence-corrected chi connectivity index (χ0v) is 10.8. The van der Waals surface area contributed by atoms with Crippen LogP contribution in [0.25, 0.3) is 0 Å². The number of hydrogen-bond acceptors (Lipinski definition) is 4. The Morgan fingerprint density at radius 3 is 3.06 bits per heavy atom. The van der Waals surface area contributed by atoms with Gasteiger partial charge in [-0.05, 0) is 38.6 Å². The van der Waals surface area contributed by atoms with E-state index in [0.717, 1.165) is 17.9 Å². The first kappa shape index (κ1) is 12.3. The SMILES string of the molecule is CN(CC1CCCN1C)c1cccnc1CN. The van der Waals surface area contributed by atoms with E-state index in [-0.39, 0.29) is 0 Å². The van der Waals surface area contributed by atoms with Gasteiger partial charge < -0.3 is 15.5 Å². The number of nitrogens with zero attached hydrogens (tertiary/aromatic N) is 3. The van der Waals surface area contributed by atoms with Crippen LogP contribution in [-0.4, -0.2) is 43.1 Å². The lowest BCUT2D eigenvalue weighted by molar-refractivity contribution is 0.314. The Hall–Kier alpha value is -1.13. The highest BCUT2D eigenvalue weighted by Crippen LogP contribution is 2.21. The second kappa shape index (κ2) is 5.47. The summed E-state index contributed by atoms with van der Waals surface area (Å²) in [4.78, 5) is 9.05. The van der Waals surface area contributed by atoms with Gasteiger partial charge in [0.25, 0.3) is 0 Å². The van der Waals surface area contributed by atoms with Gasteiger partial charge in [-0.1, -0.05) is 0 Å². The third-order valence-electron chi connectivity index (χ3n) is 3.63. The summed E-state index contributed by atoms with van der Waals surface area (Å²) in [5, 5.41) is 0. The largest absolute Gasteiger partial charge is 0.372 e. The molecule has 0 aromatic carbocycles. The second-order valence-electron chi connectivity index (χ2n) is 4.83. The Labute approximate surface area is 103 Å². The topological polar surface area (TPSA) is 45.4 Å². The van der Waals surface area contributed by atoms with Crippen molar-refractivity contribution >= 4 is 5.69 Å². The summed E-state index contributed by atoms with van der Waals surface area (Å²) in [7, 11) is 4.33. The maximum absolute atomic E-state index is 5.72. The number of rotatable bonds is 4. The van der Waals surface area contributed by atoms with Gasteiger partial charge in [0.05, 0.1) is 11.4 Å². The average molecular weight is 234 g/mol. The van der Waals surface area contributed by atoms with Crippen molar-refractivity contribution in [2.75, 3.05) is 32.1 Å². The summed E-state index contributed by atoms with van der Waals surface area (Å²) in [5.74, 6) is 0. The van der Waals surface area contributed by atoms with Crippen molar-refractivity contribution in [2.24, 2.45) is 5.73 Å². The normalized spacial score (nSPS) is 20.8. The van der Waals surface area contributed by atoms with Gasteiger partial charge in [-0.2, -0.15) is 0 Å². The van der Waals surface area contributed by atoms with Crippen molar-refractivity contribution in [1.82, 2.24) is 9.88 Å². The van der Waals surface area contributed by atoms with Crippen molar-refractivity contribution in [3.63, 3.8) is 0 Å². The summed E-state index contributed by atoms with van der Waals surface area (Å²) in [5.41, 5.74) is 7.87. The lowest BCUT2D eigenvalue weighted by Crippen LogP contribution is -2.37. The number of anilines is 1. The fraction of sp³-hybridized carbons (Fsp3) is 0.615. The molecule has 1 fully saturated rings. The molecule has 2 N–H and O–H groups in total. The minimum absolute atomic E-state index is 0.501. The van der Waals surface area contributed by atoms with E-state index in [0.29, 0.717) is 12.6 Å². The highest BCUT2D eigenvalue weighted by molar-refractivity contribution is 5.49. The number of pyridine rings is 1. The van der Waals surface area contributed by atoms with E-state index in [1.807, 2.05) is 6.07 Å². The van der Waals surface area contributed by atoms with Crippen LogP contribution in [0.3, 0.4) is 0 Å². The van der Waals surface area contributed by atoms with Crippen molar-refractivity contribution < 1.29 is 0 Å². The van der Waals surface area contributed by atoms with Gasteiger partial charge in [-0.3, -0.25) is 4.98 Å². The Kier molecular flexibility index (Phi) is 3.97. The van der Waals surface area contributed by atoms with Gasteiger partial charge in [0.1, 0.15) is 0 Å². The van der Waals surface area contributed by atoms with Crippen LogP contribution < -0.4 is 10.6 Å². The predicted molar refractivity (Wildman–Crippen MR) is 71.1 cm³/mol. The summed E-state index contributed by atoms with van der Waals surface area (Å²) in [6.07, 6.45) is 4.41. The minimum atomic E-state index is 0.501. The first-order valence-corrected chi connectivity index (χ1v) is 6.27. The van der Waals surface area contributed by atoms with Crippen LogP contribution in [0.1, 0.15) is 18.5 Å². The molecule has 2 rings (SSSR count). The van der Waals surface area contributed by atoms with Crippen molar-refractivity contribution in [3.05, 3.63) is 24.0 Å². The third-order valence-corrected chi connectivity index (χ3v) is 3.63. The molecule has 4 nitrogen and oxygen atoms in total. The molecule has 17 heavy (non-hydrogen) atoms. The first-order valence-electron chi connectivity index (χ1n) is 6.27. The Bertz CT molecular complexity index is 366. The van der Waals surface area contributed by atoms with Crippen molar-refractivity contribution in [2.45, 2.75) is 25.4 Å². The fourth-order valence-electron chi connectivity index (χ4n) is 2.56. The van der Waals surface area contributed by atoms with Crippen LogP contribution in [0.2, 0.25) is 0 Å². The van der Waals surface area contributed by atoms with Crippen LogP contribution in [0.4, 0.5) is 5.69 Å². The van der Waals surface area contributed by atoms with Crippen LogP contribution in [0.15, 0.2) is 18.3 Å². The number of likely N-dealkylation sites (N-methyl/N-ethyl adjacent to an activating group) is 2. The van der Waals surface area contributed by atoms with E-state index in [9.17, 15) is 0 Å². The molecule has 1 aromatic rings. The molecule has 4 heteroatoms. The summed E-state index contributed by atoms with van der Waals surface area (Å²) < 4.78 is 0. The molecule has 1 aliphatic heterocycles. The average Bonchev–Trinajstić information content (AvgIpc) is 2.75. The number of likely N-dealkylation sites (tertiary alicyclic amines) is 1. The van der Waals surface area contributed by atoms with Crippen LogP contribution in [0, 0.1) is 0 Å². The highest BCUT2D eigenvalue weighted by atomic mass is 15.2. The summed E-state index contributed by atoms with van der Waals surface area (Å²) >= 11 is 0. The maximum Gasteiger partial charge on any atom is 0.0772 e. The molecule has 0 bridgehead atoms. The molecule has 2 heterocycles. The molecule has 1 unspecified atom stereocenters. The minimum Gasteiger partial charge on any atom is -0.372 e. The summed E-state index contributed by atoms with van der Waals surface area (Å²) in [6.45, 7) is 2.77. The van der Waals surface area contributed by atoms with Gasteiger partial charge in [-0.15, -0.1) is 0 Å². The molecule has 0 aliphatic carbocycles. The van der Waals surface area contributed by atoms with Crippen LogP contribution in [-0.2, 0) is 6.54 Å². The molecule has 94 valence electrons. The number of aromatic nitrogens is 1. The smallest absolute Gasteiger partial charge is 0.0772 e. The lowest BCUT2D eigenvalue weighted by Gasteiger charge is -2.28. The van der Waals surface area contributed by atoms with Crippen LogP contribution >= 0.6 is 0 Å². The van der Waals surface area contributed by atoms with Gasteiger partial charge >= 0.3 is 0 Å². The Morgan fingerprint density at radius 2 is 2.41 bits per heavy atom. The van der Waals surface area contributed by atoms with E-state index >= 15 is 0 Å². The molecule has 0 spiro atoms. The number of nitrogens with two attached hydrogens (primary N) is 1. The zero-order valence-electron chi connectivity index (χ0n) is 10.8. The molecular formula is C13H22N4. The van der Waals surface area contributed by atoms with E-state index in [2.05, 4.69) is 34.9 Å². The predicted octanol–water partition coefficient (Wildman–Crippen LogP) is 1.07. The van der Waals surface area contributed by atoms with Crippen molar-refractivity contribution in [1.29, 1.82) is 0 Å². The monoisotopic (exact) mass is 234 g/mol. The van der Waals surface area contributed by atoms with E-state index < -0.39 is 0 Å². The van der Waals surface area contributed by atoms with E-state index in [4.69, 9.17) is 5.73 Å². The van der Waals surface area contributed by atoms with E-state index in [1.165, 1.54) is 19.4 Å². The number of hydrogen-bond donors (Lipinski definition) is 1. The van der Waals surface area contributed by atoms with Gasteiger partial charge in [0, 0.05) is 32.4 Å². The highest BCUT2D eigenvalue weighted by Gasteiger charge is 2.22. The van der Waals surface area contributed by atoms with Gasteiger partial charge in [0.2, 0.25) is 0 Å². The Balaban J connectivity index is 2.06. The molecule has 0 amide bonds. The molecule has 1 aliphatic rings. The molecule has 0 saturated carbocycles. The first-order chi connectivity index (χ1) is 8.22. The fourth-order valence-corrected chi connectivity index (χ4v) is 2.56. The molecular weight excluding hydrogens is 212 g/mol. The molecule has 1 atom stereocenters. The van der Waals surface area contributed by atoms with Crippen molar-refractivity contribution in [3.8, 4) is 0 Å². The third kappa shape index (κ3) is 2.76. The zero-order chi connectivity index (χ0) is 12.3. The molecule has 1 aromatic heterocycles. The van der Waals surface area contributed by atoms with Gasteiger partial charge in [-0.25, -0.2) is 0 Å². The van der Waals surface area contributed by atoms with Gasteiger partial charge in [0.15, 0.2) is 0 Å². The second-order valence-corrected chi connectivity index (χ2v) is 4.83. The maximum atomic E-state index is 5.72. The quantitative estimate of drug-likeness (QED) is 0.846. The molecule has 0 radical (unpaired) electrons. The molecule has 1 saturated heterocycles. The standard InChI is InChI=1S/C13H22N4/c1-16-8-4-5-11(16)10-17(2)13-6-3-7-15-12(13)9-14/h3,6-7,11H,4-5,8-10,14H2,1-2H3. The summed E-state index contributed by atoms with van der Waals surface area (Å²) in [6, 6.07) is 4.74. The van der Waals surface area contributed by atoms with Crippen LogP contribution in [0.5, 0.6) is 0 Å². The lowest BCUT2D eigenvalue weighted by atomic mass is 10.2. The Morgan fingerprint density at radius 1 is 1.59 bits per heavy atom. The van der Waals surface area contributed by atoms with E-state index in [1.54, 1.807) is 6.20 Å².